The maximum Gasteiger partial charge on any atom is 0.344 e. The third-order valence-electron chi connectivity index (χ3n) is 1.64. The Morgan fingerprint density at radius 1 is 1.62 bits per heavy atom. The quantitative estimate of drug-likeness (QED) is 0.683. The number of carboxylic acid groups (broad SMARTS) is 1. The molecule has 6 nitrogen and oxygen atoms in total. The number of alkyl halides is 2. The van der Waals surface area contributed by atoms with E-state index in [1.807, 2.05) is 0 Å². The zero-order chi connectivity index (χ0) is 12.5. The van der Waals surface area contributed by atoms with Crippen molar-refractivity contribution in [3.8, 4) is 0 Å². The number of carboxylic acids is 1. The summed E-state index contributed by atoms with van der Waals surface area (Å²) in [5.41, 5.74) is -2.55. The summed E-state index contributed by atoms with van der Waals surface area (Å²) in [6.45, 7) is 0. The number of pyridine rings is 1. The predicted octanol–water partition coefficient (Wildman–Crippen LogP) is 2.39. The fourth-order valence-corrected chi connectivity index (χ4v) is 1.61. The fourth-order valence-electron chi connectivity index (χ4n) is 0.979. The van der Waals surface area contributed by atoms with Crippen molar-refractivity contribution in [2.45, 2.75) is 6.43 Å². The Hall–Kier alpha value is -1.64. The Kier molecular flexibility index (Phi) is 3.48. The monoisotopic (exact) mass is 296 g/mol. The first-order chi connectivity index (χ1) is 7.36. The Balaban J connectivity index is 3.54. The van der Waals surface area contributed by atoms with Gasteiger partial charge >= 0.3 is 11.7 Å². The van der Waals surface area contributed by atoms with Crippen LogP contribution in [0, 0.1) is 10.1 Å². The topological polar surface area (TPSA) is 93.3 Å². The minimum Gasteiger partial charge on any atom is -0.477 e. The lowest BCUT2D eigenvalue weighted by molar-refractivity contribution is -0.386. The summed E-state index contributed by atoms with van der Waals surface area (Å²) in [4.78, 5) is 23.3. The smallest absolute Gasteiger partial charge is 0.344 e. The molecular formula is C7H3BrF2N2O4. The van der Waals surface area contributed by atoms with E-state index in [4.69, 9.17) is 5.11 Å². The number of carbonyl (C=O) groups is 1. The van der Waals surface area contributed by atoms with Crippen LogP contribution in [0.25, 0.3) is 0 Å². The molecule has 0 aliphatic carbocycles. The van der Waals surface area contributed by atoms with Gasteiger partial charge < -0.3 is 5.11 Å². The number of halogens is 3. The van der Waals surface area contributed by atoms with Gasteiger partial charge in [-0.15, -0.1) is 0 Å². The highest BCUT2D eigenvalue weighted by Gasteiger charge is 2.29. The molecule has 1 aromatic rings. The second-order valence-electron chi connectivity index (χ2n) is 2.58. The number of aromatic carboxylic acids is 1. The highest BCUT2D eigenvalue weighted by atomic mass is 79.9. The van der Waals surface area contributed by atoms with Gasteiger partial charge in [-0.1, -0.05) is 0 Å². The van der Waals surface area contributed by atoms with Gasteiger partial charge in [-0.25, -0.2) is 13.6 Å². The Bertz CT molecular complexity index is 466. The average Bonchev–Trinajstić information content (AvgIpc) is 2.15. The standard InChI is InChI=1S/C7H3BrF2N2O4/c8-3-4(6(9)10)11-1-2(7(13)14)5(3)12(15)16/h1,6H,(H,13,14). The van der Waals surface area contributed by atoms with Crippen LogP contribution < -0.4 is 0 Å². The van der Waals surface area contributed by atoms with E-state index in [1.165, 1.54) is 0 Å². The largest absolute Gasteiger partial charge is 0.477 e. The number of hydrogen-bond acceptors (Lipinski definition) is 4. The van der Waals surface area contributed by atoms with Crippen molar-refractivity contribution < 1.29 is 23.6 Å². The summed E-state index contributed by atoms with van der Waals surface area (Å²) in [5.74, 6) is -1.61. The summed E-state index contributed by atoms with van der Waals surface area (Å²) in [7, 11) is 0. The third kappa shape index (κ3) is 2.13. The maximum atomic E-state index is 12.3. The molecule has 1 aromatic heterocycles. The van der Waals surface area contributed by atoms with Crippen LogP contribution in [0.1, 0.15) is 22.5 Å². The van der Waals surface area contributed by atoms with Gasteiger partial charge in [0.05, 0.1) is 4.92 Å². The normalized spacial score (nSPS) is 10.5. The van der Waals surface area contributed by atoms with Crippen LogP contribution >= 0.6 is 15.9 Å². The average molecular weight is 297 g/mol. The Labute approximate surface area is 95.2 Å². The molecule has 0 aromatic carbocycles. The third-order valence-corrected chi connectivity index (χ3v) is 2.42. The van der Waals surface area contributed by atoms with Gasteiger partial charge in [0.25, 0.3) is 6.43 Å². The molecule has 0 saturated carbocycles. The summed E-state index contributed by atoms with van der Waals surface area (Å²) >= 11 is 2.55. The molecule has 0 aliphatic rings. The molecule has 1 rings (SSSR count). The minimum atomic E-state index is -3.03. The Morgan fingerprint density at radius 3 is 2.56 bits per heavy atom. The second-order valence-corrected chi connectivity index (χ2v) is 3.38. The lowest BCUT2D eigenvalue weighted by Gasteiger charge is -2.04. The summed E-state index contributed by atoms with van der Waals surface area (Å²) < 4.78 is 24.1. The molecule has 0 spiro atoms. The van der Waals surface area contributed by atoms with Crippen LogP contribution in [-0.4, -0.2) is 21.0 Å². The van der Waals surface area contributed by atoms with Gasteiger partial charge in [0.2, 0.25) is 0 Å². The summed E-state index contributed by atoms with van der Waals surface area (Å²) in [5, 5.41) is 19.2. The van der Waals surface area contributed by atoms with Crippen molar-refractivity contribution in [3.05, 3.63) is 32.0 Å². The van der Waals surface area contributed by atoms with Crippen LogP contribution in [0.5, 0.6) is 0 Å². The van der Waals surface area contributed by atoms with Crippen molar-refractivity contribution in [1.82, 2.24) is 4.98 Å². The van der Waals surface area contributed by atoms with E-state index in [9.17, 15) is 23.7 Å². The van der Waals surface area contributed by atoms with E-state index in [0.717, 1.165) is 0 Å². The van der Waals surface area contributed by atoms with Gasteiger partial charge in [-0.3, -0.25) is 15.1 Å². The molecule has 0 radical (unpaired) electrons. The highest BCUT2D eigenvalue weighted by molar-refractivity contribution is 9.10. The van der Waals surface area contributed by atoms with Crippen molar-refractivity contribution in [3.63, 3.8) is 0 Å². The SMILES string of the molecule is O=C(O)c1cnc(C(F)F)c(Br)c1[N+](=O)[O-]. The van der Waals surface area contributed by atoms with Crippen molar-refractivity contribution in [2.24, 2.45) is 0 Å². The fraction of sp³-hybridized carbons (Fsp3) is 0.143. The number of nitro groups is 1. The van der Waals surface area contributed by atoms with E-state index in [-0.39, 0.29) is 0 Å². The van der Waals surface area contributed by atoms with Crippen LogP contribution in [-0.2, 0) is 0 Å². The van der Waals surface area contributed by atoms with Gasteiger partial charge in [0.1, 0.15) is 10.2 Å². The highest BCUT2D eigenvalue weighted by Crippen LogP contribution is 2.35. The molecule has 1 N–H and O–H groups in total. The predicted molar refractivity (Wildman–Crippen MR) is 50.5 cm³/mol. The van der Waals surface area contributed by atoms with Gasteiger partial charge in [0, 0.05) is 6.20 Å². The van der Waals surface area contributed by atoms with E-state index >= 15 is 0 Å². The lowest BCUT2D eigenvalue weighted by atomic mass is 10.2. The molecule has 0 saturated heterocycles. The van der Waals surface area contributed by atoms with Crippen LogP contribution in [0.2, 0.25) is 0 Å². The van der Waals surface area contributed by atoms with E-state index in [1.54, 1.807) is 0 Å². The Morgan fingerprint density at radius 2 is 2.19 bits per heavy atom. The van der Waals surface area contributed by atoms with E-state index in [0.29, 0.717) is 6.20 Å². The van der Waals surface area contributed by atoms with Crippen LogP contribution in [0.3, 0.4) is 0 Å². The zero-order valence-electron chi connectivity index (χ0n) is 7.35. The molecule has 9 heteroatoms. The number of nitrogens with zero attached hydrogens (tertiary/aromatic N) is 2. The molecule has 0 unspecified atom stereocenters. The van der Waals surface area contributed by atoms with Gasteiger partial charge in [0.15, 0.2) is 5.56 Å². The van der Waals surface area contributed by atoms with Crippen LogP contribution in [0.4, 0.5) is 14.5 Å². The molecule has 0 bridgehead atoms. The number of aromatic nitrogens is 1. The zero-order valence-corrected chi connectivity index (χ0v) is 8.94. The minimum absolute atomic E-state index is 0.534. The molecule has 0 fully saturated rings. The first kappa shape index (κ1) is 12.4. The van der Waals surface area contributed by atoms with Crippen LogP contribution in [0.15, 0.2) is 10.7 Å². The molecule has 86 valence electrons. The first-order valence-electron chi connectivity index (χ1n) is 3.70. The summed E-state index contributed by atoms with van der Waals surface area (Å²) in [6, 6.07) is 0. The summed E-state index contributed by atoms with van der Waals surface area (Å²) in [6.07, 6.45) is -2.50. The molecule has 0 aliphatic heterocycles. The number of rotatable bonds is 3. The molecule has 16 heavy (non-hydrogen) atoms. The first-order valence-corrected chi connectivity index (χ1v) is 4.49. The second kappa shape index (κ2) is 4.47. The van der Waals surface area contributed by atoms with Crippen molar-refractivity contribution >= 4 is 27.6 Å². The van der Waals surface area contributed by atoms with Crippen molar-refractivity contribution in [1.29, 1.82) is 0 Å². The maximum absolute atomic E-state index is 12.3. The number of hydrogen-bond donors (Lipinski definition) is 1. The van der Waals surface area contributed by atoms with Gasteiger partial charge in [-0.05, 0) is 15.9 Å². The van der Waals surface area contributed by atoms with E-state index < -0.39 is 38.7 Å². The molecule has 0 amide bonds. The van der Waals surface area contributed by atoms with E-state index in [2.05, 4.69) is 20.9 Å². The molecular weight excluding hydrogens is 294 g/mol. The lowest BCUT2D eigenvalue weighted by Crippen LogP contribution is -2.07. The van der Waals surface area contributed by atoms with Gasteiger partial charge in [-0.2, -0.15) is 0 Å². The molecule has 1 heterocycles. The van der Waals surface area contributed by atoms with Crippen molar-refractivity contribution in [2.75, 3.05) is 0 Å². The molecule has 0 atom stereocenters.